The van der Waals surface area contributed by atoms with Crippen LogP contribution in [0.15, 0.2) is 0 Å². The second kappa shape index (κ2) is 3.87. The topological polar surface area (TPSA) is 38.8 Å². The maximum absolute atomic E-state index is 11.9. The third-order valence-corrected chi connectivity index (χ3v) is 3.20. The molecule has 3 unspecified atom stereocenters. The predicted octanol–water partition coefficient (Wildman–Crippen LogP) is 0.411. The first kappa shape index (κ1) is 9.93. The van der Waals surface area contributed by atoms with Gasteiger partial charge in [-0.25, -0.2) is 0 Å². The first-order valence-electron chi connectivity index (χ1n) is 5.16. The second-order valence-electron chi connectivity index (χ2n) is 4.05. The molecule has 2 aliphatic heterocycles. The Morgan fingerprint density at radius 3 is 2.50 bits per heavy atom. The van der Waals surface area contributed by atoms with Crippen molar-refractivity contribution in [1.82, 2.24) is 4.90 Å². The van der Waals surface area contributed by atoms with Gasteiger partial charge in [-0.3, -0.25) is 4.79 Å². The van der Waals surface area contributed by atoms with Crippen LogP contribution >= 0.6 is 0 Å². The average Bonchev–Trinajstić information content (AvgIpc) is 2.46. The molecular formula is C10H17NO3. The lowest BCUT2D eigenvalue weighted by atomic mass is 10.2. The summed E-state index contributed by atoms with van der Waals surface area (Å²) in [6.07, 6.45) is 1.83. The molecule has 2 bridgehead atoms. The van der Waals surface area contributed by atoms with Crippen LogP contribution in [0, 0.1) is 0 Å². The largest absolute Gasteiger partial charge is 0.377 e. The summed E-state index contributed by atoms with van der Waals surface area (Å²) in [5, 5.41) is 0. The summed E-state index contributed by atoms with van der Waals surface area (Å²) in [5.74, 6) is 0.114. The molecule has 0 aromatic rings. The summed E-state index contributed by atoms with van der Waals surface area (Å²) in [5.41, 5.74) is 0. The van der Waals surface area contributed by atoms with Crippen LogP contribution in [0.5, 0.6) is 0 Å². The molecule has 4 nitrogen and oxygen atoms in total. The average molecular weight is 199 g/mol. The van der Waals surface area contributed by atoms with Crippen molar-refractivity contribution in [3.8, 4) is 0 Å². The molecular weight excluding hydrogens is 182 g/mol. The van der Waals surface area contributed by atoms with Gasteiger partial charge in [-0.2, -0.15) is 0 Å². The minimum atomic E-state index is -0.323. The molecule has 80 valence electrons. The van der Waals surface area contributed by atoms with E-state index >= 15 is 0 Å². The van der Waals surface area contributed by atoms with Gasteiger partial charge in [0.1, 0.15) is 6.10 Å². The van der Waals surface area contributed by atoms with Gasteiger partial charge in [0.15, 0.2) is 0 Å². The van der Waals surface area contributed by atoms with Gasteiger partial charge in [0.05, 0.1) is 25.3 Å². The molecule has 0 aromatic carbocycles. The Labute approximate surface area is 84.2 Å². The van der Waals surface area contributed by atoms with Gasteiger partial charge in [-0.15, -0.1) is 0 Å². The molecule has 0 N–H and O–H groups in total. The summed E-state index contributed by atoms with van der Waals surface area (Å²) < 4.78 is 10.5. The van der Waals surface area contributed by atoms with E-state index in [9.17, 15) is 4.79 Å². The zero-order valence-electron chi connectivity index (χ0n) is 8.73. The van der Waals surface area contributed by atoms with Crippen LogP contribution in [0.25, 0.3) is 0 Å². The number of ether oxygens (including phenoxy) is 2. The Bertz CT molecular complexity index is 215. The van der Waals surface area contributed by atoms with Crippen molar-refractivity contribution in [1.29, 1.82) is 0 Å². The highest BCUT2D eigenvalue weighted by Gasteiger charge is 2.41. The van der Waals surface area contributed by atoms with Crippen molar-refractivity contribution >= 4 is 5.91 Å². The van der Waals surface area contributed by atoms with Gasteiger partial charge < -0.3 is 14.4 Å². The normalized spacial score (nSPS) is 33.1. The molecule has 2 rings (SSSR count). The Morgan fingerprint density at radius 2 is 2.00 bits per heavy atom. The van der Waals surface area contributed by atoms with Crippen LogP contribution in [-0.4, -0.2) is 49.3 Å². The lowest BCUT2D eigenvalue weighted by Gasteiger charge is -2.35. The Hall–Kier alpha value is -0.610. The zero-order valence-corrected chi connectivity index (χ0v) is 8.73. The lowest BCUT2D eigenvalue weighted by molar-refractivity contribution is -0.150. The highest BCUT2D eigenvalue weighted by Crippen LogP contribution is 2.29. The van der Waals surface area contributed by atoms with Gasteiger partial charge >= 0.3 is 0 Å². The van der Waals surface area contributed by atoms with E-state index < -0.39 is 0 Å². The fourth-order valence-corrected chi connectivity index (χ4v) is 2.30. The highest BCUT2D eigenvalue weighted by molar-refractivity contribution is 5.81. The standard InChI is InChI=1S/C10H17NO3/c1-7(13-2)10(12)11-8-3-4-9(11)6-14-5-8/h7-9H,3-6H2,1-2H3. The monoisotopic (exact) mass is 199 g/mol. The predicted molar refractivity (Wildman–Crippen MR) is 50.9 cm³/mol. The minimum Gasteiger partial charge on any atom is -0.377 e. The summed E-state index contributed by atoms with van der Waals surface area (Å²) in [6, 6.07) is 0.581. The smallest absolute Gasteiger partial charge is 0.252 e. The molecule has 0 radical (unpaired) electrons. The highest BCUT2D eigenvalue weighted by atomic mass is 16.5. The van der Waals surface area contributed by atoms with Crippen LogP contribution in [0.3, 0.4) is 0 Å². The molecule has 0 spiro atoms. The maximum Gasteiger partial charge on any atom is 0.252 e. The van der Waals surface area contributed by atoms with E-state index in [0.717, 1.165) is 12.8 Å². The van der Waals surface area contributed by atoms with Gasteiger partial charge in [0, 0.05) is 7.11 Å². The van der Waals surface area contributed by atoms with Crippen LogP contribution < -0.4 is 0 Å². The summed E-state index contributed by atoms with van der Waals surface area (Å²) >= 11 is 0. The van der Waals surface area contributed by atoms with E-state index in [2.05, 4.69) is 0 Å². The van der Waals surface area contributed by atoms with E-state index in [1.807, 2.05) is 4.90 Å². The summed E-state index contributed by atoms with van der Waals surface area (Å²) in [4.78, 5) is 13.9. The fraction of sp³-hybridized carbons (Fsp3) is 0.900. The van der Waals surface area contributed by atoms with Gasteiger partial charge in [0.2, 0.25) is 0 Å². The molecule has 2 aliphatic rings. The number of morpholine rings is 1. The molecule has 3 atom stereocenters. The molecule has 0 saturated carbocycles. The Balaban J connectivity index is 2.07. The first-order valence-corrected chi connectivity index (χ1v) is 5.16. The maximum atomic E-state index is 11.9. The van der Waals surface area contributed by atoms with Crippen molar-refractivity contribution in [2.24, 2.45) is 0 Å². The van der Waals surface area contributed by atoms with Crippen LogP contribution in [0.1, 0.15) is 19.8 Å². The van der Waals surface area contributed by atoms with Crippen molar-refractivity contribution in [3.63, 3.8) is 0 Å². The van der Waals surface area contributed by atoms with Crippen LogP contribution in [0.4, 0.5) is 0 Å². The number of amides is 1. The number of fused-ring (bicyclic) bond motifs is 2. The molecule has 14 heavy (non-hydrogen) atoms. The Morgan fingerprint density at radius 1 is 1.43 bits per heavy atom. The summed E-state index contributed by atoms with van der Waals surface area (Å²) in [7, 11) is 1.57. The molecule has 2 fully saturated rings. The SMILES string of the molecule is COC(C)C(=O)N1C2CCC1COC2. The number of carbonyl (C=O) groups excluding carboxylic acids is 1. The zero-order chi connectivity index (χ0) is 10.1. The van der Waals surface area contributed by atoms with E-state index in [1.165, 1.54) is 0 Å². The number of nitrogens with zero attached hydrogens (tertiary/aromatic N) is 1. The van der Waals surface area contributed by atoms with Gasteiger partial charge in [-0.05, 0) is 19.8 Å². The second-order valence-corrected chi connectivity index (χ2v) is 4.05. The van der Waals surface area contributed by atoms with Crippen molar-refractivity contribution in [2.45, 2.75) is 38.0 Å². The Kier molecular flexibility index (Phi) is 2.74. The quantitative estimate of drug-likeness (QED) is 0.646. The summed E-state index contributed by atoms with van der Waals surface area (Å²) in [6.45, 7) is 3.19. The van der Waals surface area contributed by atoms with Crippen molar-refractivity contribution < 1.29 is 14.3 Å². The number of methoxy groups -OCH3 is 1. The molecule has 1 amide bonds. The number of rotatable bonds is 2. The van der Waals surface area contributed by atoms with Crippen molar-refractivity contribution in [2.75, 3.05) is 20.3 Å². The van der Waals surface area contributed by atoms with Crippen LogP contribution in [0.2, 0.25) is 0 Å². The third kappa shape index (κ3) is 1.53. The van der Waals surface area contributed by atoms with E-state index in [-0.39, 0.29) is 12.0 Å². The van der Waals surface area contributed by atoms with E-state index in [1.54, 1.807) is 14.0 Å². The van der Waals surface area contributed by atoms with Gasteiger partial charge in [-0.1, -0.05) is 0 Å². The first-order chi connectivity index (χ1) is 6.74. The molecule has 2 heterocycles. The third-order valence-electron chi connectivity index (χ3n) is 3.20. The molecule has 0 aliphatic carbocycles. The number of hydrogen-bond donors (Lipinski definition) is 0. The van der Waals surface area contributed by atoms with Crippen LogP contribution in [-0.2, 0) is 14.3 Å². The van der Waals surface area contributed by atoms with Gasteiger partial charge in [0.25, 0.3) is 5.91 Å². The molecule has 2 saturated heterocycles. The lowest BCUT2D eigenvalue weighted by Crippen LogP contribution is -2.52. The number of hydrogen-bond acceptors (Lipinski definition) is 3. The molecule has 0 aromatic heterocycles. The minimum absolute atomic E-state index is 0.114. The van der Waals surface area contributed by atoms with E-state index in [4.69, 9.17) is 9.47 Å². The molecule has 4 heteroatoms. The van der Waals surface area contributed by atoms with E-state index in [0.29, 0.717) is 25.3 Å². The fourth-order valence-electron chi connectivity index (χ4n) is 2.30. The van der Waals surface area contributed by atoms with Crippen molar-refractivity contribution in [3.05, 3.63) is 0 Å². The number of carbonyl (C=O) groups is 1.